The number of nitrogens with one attached hydrogen (secondary N) is 1. The largest absolute Gasteiger partial charge is 0.394 e. The normalized spacial score (nSPS) is 15.6. The molecule has 1 unspecified atom stereocenters. The number of pyridine rings is 1. The molecule has 1 fully saturated rings. The number of anilines is 2. The van der Waals surface area contributed by atoms with Gasteiger partial charge in [0.2, 0.25) is 5.91 Å². The third kappa shape index (κ3) is 5.04. The number of nitrogens with zero attached hydrogens (tertiary/aromatic N) is 1. The highest BCUT2D eigenvalue weighted by Crippen LogP contribution is 2.31. The van der Waals surface area contributed by atoms with E-state index in [1.54, 1.807) is 18.2 Å². The van der Waals surface area contributed by atoms with E-state index in [2.05, 4.69) is 5.32 Å². The summed E-state index contributed by atoms with van der Waals surface area (Å²) in [6, 6.07) is 13.3. The van der Waals surface area contributed by atoms with Crippen LogP contribution in [0.15, 0.2) is 59.5 Å². The summed E-state index contributed by atoms with van der Waals surface area (Å²) in [7, 11) is 0. The van der Waals surface area contributed by atoms with E-state index in [1.807, 2.05) is 30.3 Å². The number of carbonyl (C=O) groups is 2. The number of primary amides is 1. The molecule has 2 aromatic carbocycles. The molecule has 178 valence electrons. The summed E-state index contributed by atoms with van der Waals surface area (Å²) < 4.78 is 1.15. The van der Waals surface area contributed by atoms with E-state index in [0.29, 0.717) is 40.0 Å². The van der Waals surface area contributed by atoms with Gasteiger partial charge in [-0.2, -0.15) is 0 Å². The lowest BCUT2D eigenvalue weighted by atomic mass is 9.91. The summed E-state index contributed by atoms with van der Waals surface area (Å²) >= 11 is 0. The predicted molar refractivity (Wildman–Crippen MR) is 133 cm³/mol. The number of para-hydroxylation sites is 1. The van der Waals surface area contributed by atoms with Crippen molar-refractivity contribution in [3.63, 3.8) is 0 Å². The van der Waals surface area contributed by atoms with Gasteiger partial charge < -0.3 is 20.7 Å². The van der Waals surface area contributed by atoms with Crippen LogP contribution in [0.5, 0.6) is 0 Å². The summed E-state index contributed by atoms with van der Waals surface area (Å²) in [5.74, 6) is -0.215. The Morgan fingerprint density at radius 3 is 2.38 bits per heavy atom. The van der Waals surface area contributed by atoms with Gasteiger partial charge in [0, 0.05) is 40.3 Å². The molecule has 4 rings (SSSR count). The topological polar surface area (TPSA) is 114 Å². The first kappa shape index (κ1) is 23.7. The van der Waals surface area contributed by atoms with Gasteiger partial charge in [-0.05, 0) is 36.2 Å². The van der Waals surface area contributed by atoms with E-state index in [4.69, 9.17) is 5.73 Å². The van der Waals surface area contributed by atoms with E-state index in [-0.39, 0.29) is 5.78 Å². The third-order valence-electron chi connectivity index (χ3n) is 6.76. The zero-order valence-electron chi connectivity index (χ0n) is 19.2. The van der Waals surface area contributed by atoms with E-state index in [9.17, 15) is 19.5 Å². The van der Waals surface area contributed by atoms with Gasteiger partial charge in [0.1, 0.15) is 6.04 Å². The maximum atomic E-state index is 13.2. The Hall–Kier alpha value is -3.45. The highest BCUT2D eigenvalue weighted by molar-refractivity contribution is 6.03. The molecule has 1 aliphatic carbocycles. The van der Waals surface area contributed by atoms with Gasteiger partial charge in [0.25, 0.3) is 5.56 Å². The molecule has 7 heteroatoms. The average molecular weight is 462 g/mol. The van der Waals surface area contributed by atoms with Gasteiger partial charge in [-0.1, -0.05) is 56.7 Å². The van der Waals surface area contributed by atoms with Gasteiger partial charge in [-0.3, -0.25) is 14.4 Å². The molecule has 0 spiro atoms. The number of ketones is 1. The number of aromatic nitrogens is 1. The molecule has 0 radical (unpaired) electrons. The molecule has 3 aromatic rings. The standard InChI is InChI=1S/C27H31N3O4/c28-26(33)24(17-31)30-15-14-19-20(27(30)34)11-7-13-22(19)29-23-12-6-5-10-21(23)25(32)16-18-8-3-1-2-4-9-18/h5-7,10-15,18,24,29,31H,1-4,8-9,16-17H2,(H2,28,33). The second-order valence-electron chi connectivity index (χ2n) is 9.05. The Morgan fingerprint density at radius 1 is 0.971 bits per heavy atom. The molecule has 4 N–H and O–H groups in total. The van der Waals surface area contributed by atoms with Crippen molar-refractivity contribution < 1.29 is 14.7 Å². The molecule has 0 saturated heterocycles. The first-order valence-electron chi connectivity index (χ1n) is 11.9. The van der Waals surface area contributed by atoms with Gasteiger partial charge in [0.05, 0.1) is 6.61 Å². The SMILES string of the molecule is NC(=O)C(CO)n1ccc2c(Nc3ccccc3C(=O)CC3CCCCCC3)cccc2c1=O. The predicted octanol–water partition coefficient (Wildman–Crippen LogP) is 4.31. The van der Waals surface area contributed by atoms with Gasteiger partial charge >= 0.3 is 0 Å². The Bertz CT molecular complexity index is 1240. The number of carbonyl (C=O) groups excluding carboxylic acids is 2. The van der Waals surface area contributed by atoms with Crippen molar-refractivity contribution in [3.05, 3.63) is 70.6 Å². The van der Waals surface area contributed by atoms with Gasteiger partial charge in [0.15, 0.2) is 5.78 Å². The number of rotatable bonds is 8. The van der Waals surface area contributed by atoms with E-state index >= 15 is 0 Å². The molecule has 0 aliphatic heterocycles. The second kappa shape index (κ2) is 10.7. The van der Waals surface area contributed by atoms with Gasteiger partial charge in [-0.15, -0.1) is 0 Å². The van der Waals surface area contributed by atoms with Crippen LogP contribution in [0.3, 0.4) is 0 Å². The smallest absolute Gasteiger partial charge is 0.259 e. The number of aliphatic hydroxyl groups is 1. The second-order valence-corrected chi connectivity index (χ2v) is 9.05. The summed E-state index contributed by atoms with van der Waals surface area (Å²) in [5, 5.41) is 13.9. The fraction of sp³-hybridized carbons (Fsp3) is 0.370. The van der Waals surface area contributed by atoms with Crippen LogP contribution in [-0.4, -0.2) is 28.0 Å². The van der Waals surface area contributed by atoms with E-state index < -0.39 is 24.1 Å². The van der Waals surface area contributed by atoms with E-state index in [1.165, 1.54) is 31.9 Å². The summed E-state index contributed by atoms with van der Waals surface area (Å²) in [6.45, 7) is -0.560. The number of hydrogen-bond acceptors (Lipinski definition) is 5. The van der Waals surface area contributed by atoms with Crippen molar-refractivity contribution >= 4 is 33.8 Å². The Kier molecular flexibility index (Phi) is 7.43. The highest BCUT2D eigenvalue weighted by Gasteiger charge is 2.21. The van der Waals surface area contributed by atoms with Gasteiger partial charge in [-0.25, -0.2) is 0 Å². The highest BCUT2D eigenvalue weighted by atomic mass is 16.3. The lowest BCUT2D eigenvalue weighted by molar-refractivity contribution is -0.122. The molecule has 1 heterocycles. The molecule has 34 heavy (non-hydrogen) atoms. The molecule has 1 aromatic heterocycles. The van der Waals surface area contributed by atoms with Crippen LogP contribution < -0.4 is 16.6 Å². The Labute approximate surface area is 198 Å². The minimum atomic E-state index is -1.13. The number of amides is 1. The van der Waals surface area contributed by atoms with Crippen LogP contribution in [-0.2, 0) is 4.79 Å². The number of fused-ring (bicyclic) bond motifs is 1. The maximum absolute atomic E-state index is 13.2. The zero-order chi connectivity index (χ0) is 24.1. The minimum Gasteiger partial charge on any atom is -0.394 e. The molecule has 1 atom stereocenters. The Morgan fingerprint density at radius 2 is 1.68 bits per heavy atom. The van der Waals surface area contributed by atoms with E-state index in [0.717, 1.165) is 17.4 Å². The van der Waals surface area contributed by atoms with Crippen LogP contribution >= 0.6 is 0 Å². The molecule has 7 nitrogen and oxygen atoms in total. The van der Waals surface area contributed by atoms with Crippen molar-refractivity contribution in [1.82, 2.24) is 4.57 Å². The number of hydrogen-bond donors (Lipinski definition) is 3. The van der Waals surface area contributed by atoms with Crippen LogP contribution in [0.4, 0.5) is 11.4 Å². The fourth-order valence-electron chi connectivity index (χ4n) is 4.88. The van der Waals surface area contributed by atoms with Crippen molar-refractivity contribution in [2.75, 3.05) is 11.9 Å². The van der Waals surface area contributed by atoms with Crippen LogP contribution in [0, 0.1) is 5.92 Å². The molecule has 1 amide bonds. The first-order chi connectivity index (χ1) is 16.5. The van der Waals surface area contributed by atoms with Crippen molar-refractivity contribution in [3.8, 4) is 0 Å². The summed E-state index contributed by atoms with van der Waals surface area (Å²) in [6.07, 6.45) is 9.12. The van der Waals surface area contributed by atoms with Crippen LogP contribution in [0.2, 0.25) is 0 Å². The molecular formula is C27H31N3O4. The number of aliphatic hydroxyl groups excluding tert-OH is 1. The van der Waals surface area contributed by atoms with Crippen molar-refractivity contribution in [2.45, 2.75) is 51.0 Å². The summed E-state index contributed by atoms with van der Waals surface area (Å²) in [4.78, 5) is 37.9. The number of Topliss-reactive ketones (excluding diaryl/α,β-unsaturated/α-hetero) is 1. The summed E-state index contributed by atoms with van der Waals surface area (Å²) in [5.41, 5.74) is 6.94. The third-order valence-corrected chi connectivity index (χ3v) is 6.76. The monoisotopic (exact) mass is 461 g/mol. The first-order valence-corrected chi connectivity index (χ1v) is 11.9. The molecular weight excluding hydrogens is 430 g/mol. The lowest BCUT2D eigenvalue weighted by Crippen LogP contribution is -2.35. The van der Waals surface area contributed by atoms with Crippen molar-refractivity contribution in [2.24, 2.45) is 11.7 Å². The fourth-order valence-corrected chi connectivity index (χ4v) is 4.88. The number of nitrogens with two attached hydrogens (primary N) is 1. The zero-order valence-corrected chi connectivity index (χ0v) is 19.2. The molecule has 1 saturated carbocycles. The quantitative estimate of drug-likeness (QED) is 0.342. The maximum Gasteiger partial charge on any atom is 0.259 e. The van der Waals surface area contributed by atoms with Crippen molar-refractivity contribution in [1.29, 1.82) is 0 Å². The van der Waals surface area contributed by atoms with Crippen LogP contribution in [0.1, 0.15) is 61.3 Å². The lowest BCUT2D eigenvalue weighted by Gasteiger charge is -2.18. The number of benzene rings is 2. The minimum absolute atomic E-state index is 0.129. The van der Waals surface area contributed by atoms with Crippen LogP contribution in [0.25, 0.3) is 10.8 Å². The Balaban J connectivity index is 1.64. The molecule has 0 bridgehead atoms. The molecule has 1 aliphatic rings. The average Bonchev–Trinajstić information content (AvgIpc) is 3.10.